The molecule has 3 rings (SSSR count). The van der Waals surface area contributed by atoms with E-state index in [-0.39, 0.29) is 11.8 Å². The third-order valence-electron chi connectivity index (χ3n) is 6.45. The highest BCUT2D eigenvalue weighted by molar-refractivity contribution is 6.02. The number of anilines is 2. The molecule has 2 aliphatic heterocycles. The predicted octanol–water partition coefficient (Wildman–Crippen LogP) is 3.50. The maximum absolute atomic E-state index is 13.1. The van der Waals surface area contributed by atoms with Gasteiger partial charge in [-0.05, 0) is 56.3 Å². The number of hydrogen-bond acceptors (Lipinski definition) is 5. The van der Waals surface area contributed by atoms with Crippen LogP contribution in [0.3, 0.4) is 0 Å². The van der Waals surface area contributed by atoms with Gasteiger partial charge in [-0.1, -0.05) is 20.3 Å². The van der Waals surface area contributed by atoms with Gasteiger partial charge in [0.25, 0.3) is 5.91 Å². The summed E-state index contributed by atoms with van der Waals surface area (Å²) in [5.74, 6) is 0.661. The summed E-state index contributed by atoms with van der Waals surface area (Å²) in [6, 6.07) is 5.76. The maximum Gasteiger partial charge on any atom is 0.253 e. The van der Waals surface area contributed by atoms with Crippen molar-refractivity contribution in [1.29, 1.82) is 0 Å². The Balaban J connectivity index is 1.64. The standard InChI is InChI=1S/C25H40N4O3/c1-3-4-6-24(30)27-21-7-8-23(29-13-9-20(2)10-14-29)22(19-21)25(31)26-11-5-12-28-15-17-32-18-16-28/h7-8,19-20H,3-6,9-18H2,1-2H3,(H,26,31)(H,27,30). The molecule has 2 amide bonds. The largest absolute Gasteiger partial charge is 0.379 e. The zero-order chi connectivity index (χ0) is 22.8. The van der Waals surface area contributed by atoms with Crippen LogP contribution in [0.2, 0.25) is 0 Å². The number of carbonyl (C=O) groups is 2. The fourth-order valence-corrected chi connectivity index (χ4v) is 4.31. The molecule has 2 N–H and O–H groups in total. The Morgan fingerprint density at radius 3 is 2.56 bits per heavy atom. The highest BCUT2D eigenvalue weighted by Crippen LogP contribution is 2.29. The molecule has 32 heavy (non-hydrogen) atoms. The summed E-state index contributed by atoms with van der Waals surface area (Å²) < 4.78 is 5.39. The van der Waals surface area contributed by atoms with Crippen molar-refractivity contribution in [2.24, 2.45) is 5.92 Å². The van der Waals surface area contributed by atoms with Gasteiger partial charge in [0, 0.05) is 50.5 Å². The minimum absolute atomic E-state index is 0.00302. The first-order valence-electron chi connectivity index (χ1n) is 12.3. The molecular formula is C25H40N4O3. The van der Waals surface area contributed by atoms with E-state index in [1.807, 2.05) is 18.2 Å². The number of nitrogens with zero attached hydrogens (tertiary/aromatic N) is 2. The van der Waals surface area contributed by atoms with E-state index in [1.54, 1.807) is 0 Å². The molecule has 2 fully saturated rings. The summed E-state index contributed by atoms with van der Waals surface area (Å²) >= 11 is 0. The third kappa shape index (κ3) is 7.48. The molecule has 178 valence electrons. The number of benzene rings is 1. The van der Waals surface area contributed by atoms with Crippen LogP contribution in [0, 0.1) is 5.92 Å². The van der Waals surface area contributed by atoms with Crippen LogP contribution in [-0.2, 0) is 9.53 Å². The second-order valence-electron chi connectivity index (χ2n) is 9.12. The molecule has 2 aliphatic rings. The molecule has 7 heteroatoms. The van der Waals surface area contributed by atoms with Gasteiger partial charge in [0.15, 0.2) is 0 Å². The predicted molar refractivity (Wildman–Crippen MR) is 129 cm³/mol. The van der Waals surface area contributed by atoms with Crippen molar-refractivity contribution >= 4 is 23.2 Å². The monoisotopic (exact) mass is 444 g/mol. The Kier molecular flexibility index (Phi) is 9.81. The Morgan fingerprint density at radius 1 is 1.09 bits per heavy atom. The average Bonchev–Trinajstić information content (AvgIpc) is 2.81. The van der Waals surface area contributed by atoms with Crippen LogP contribution in [0.25, 0.3) is 0 Å². The molecule has 2 saturated heterocycles. The van der Waals surface area contributed by atoms with Gasteiger partial charge in [-0.2, -0.15) is 0 Å². The number of piperidine rings is 1. The molecule has 7 nitrogen and oxygen atoms in total. The molecule has 2 heterocycles. The van der Waals surface area contributed by atoms with Crippen molar-refractivity contribution < 1.29 is 14.3 Å². The Bertz CT molecular complexity index is 741. The van der Waals surface area contributed by atoms with E-state index in [0.717, 1.165) is 89.6 Å². The molecule has 0 bridgehead atoms. The van der Waals surface area contributed by atoms with Gasteiger partial charge in [-0.15, -0.1) is 0 Å². The molecule has 0 aromatic heterocycles. The number of ether oxygens (including phenoxy) is 1. The van der Waals surface area contributed by atoms with Gasteiger partial charge >= 0.3 is 0 Å². The van der Waals surface area contributed by atoms with Crippen LogP contribution >= 0.6 is 0 Å². The molecular weight excluding hydrogens is 404 g/mol. The van der Waals surface area contributed by atoms with E-state index < -0.39 is 0 Å². The van der Waals surface area contributed by atoms with Gasteiger partial charge < -0.3 is 20.3 Å². The SMILES string of the molecule is CCCCC(=O)Nc1ccc(N2CCC(C)CC2)c(C(=O)NCCCN2CCOCC2)c1. The fourth-order valence-electron chi connectivity index (χ4n) is 4.31. The summed E-state index contributed by atoms with van der Waals surface area (Å²) in [6.45, 7) is 11.4. The fraction of sp³-hybridized carbons (Fsp3) is 0.680. The number of morpholine rings is 1. The van der Waals surface area contributed by atoms with Gasteiger partial charge in [0.2, 0.25) is 5.91 Å². The molecule has 0 unspecified atom stereocenters. The van der Waals surface area contributed by atoms with Crippen LogP contribution in [0.15, 0.2) is 18.2 Å². The van der Waals surface area contributed by atoms with Gasteiger partial charge in [-0.25, -0.2) is 0 Å². The van der Waals surface area contributed by atoms with Crippen molar-refractivity contribution in [2.45, 2.75) is 52.4 Å². The van der Waals surface area contributed by atoms with Crippen molar-refractivity contribution in [2.75, 3.05) is 62.7 Å². The molecule has 0 aliphatic carbocycles. The summed E-state index contributed by atoms with van der Waals surface area (Å²) in [4.78, 5) is 30.0. The smallest absolute Gasteiger partial charge is 0.253 e. The number of unbranched alkanes of at least 4 members (excludes halogenated alkanes) is 1. The van der Waals surface area contributed by atoms with Crippen LogP contribution in [0.1, 0.15) is 62.7 Å². The van der Waals surface area contributed by atoms with Crippen molar-refractivity contribution in [3.05, 3.63) is 23.8 Å². The first-order valence-corrected chi connectivity index (χ1v) is 12.3. The molecule has 1 aromatic rings. The molecule has 0 saturated carbocycles. The number of hydrogen-bond donors (Lipinski definition) is 2. The lowest BCUT2D eigenvalue weighted by Gasteiger charge is -2.33. The molecule has 0 spiro atoms. The topological polar surface area (TPSA) is 73.9 Å². The zero-order valence-electron chi connectivity index (χ0n) is 19.8. The van der Waals surface area contributed by atoms with Crippen LogP contribution < -0.4 is 15.5 Å². The second-order valence-corrected chi connectivity index (χ2v) is 9.12. The molecule has 0 atom stereocenters. The number of rotatable bonds is 10. The lowest BCUT2D eigenvalue weighted by Crippen LogP contribution is -2.38. The van der Waals surface area contributed by atoms with E-state index in [2.05, 4.69) is 34.3 Å². The third-order valence-corrected chi connectivity index (χ3v) is 6.45. The summed E-state index contributed by atoms with van der Waals surface area (Å²) in [5.41, 5.74) is 2.31. The van der Waals surface area contributed by atoms with E-state index in [0.29, 0.717) is 24.2 Å². The number of nitrogens with one attached hydrogen (secondary N) is 2. The summed E-state index contributed by atoms with van der Waals surface area (Å²) in [6.07, 6.45) is 5.54. The van der Waals surface area contributed by atoms with Crippen LogP contribution in [0.4, 0.5) is 11.4 Å². The quantitative estimate of drug-likeness (QED) is 0.541. The minimum atomic E-state index is -0.0646. The highest BCUT2D eigenvalue weighted by atomic mass is 16.5. The van der Waals surface area contributed by atoms with Crippen LogP contribution in [0.5, 0.6) is 0 Å². The van der Waals surface area contributed by atoms with Gasteiger partial charge in [0.05, 0.1) is 18.8 Å². The molecule has 0 radical (unpaired) electrons. The Hall–Kier alpha value is -2.12. The van der Waals surface area contributed by atoms with Crippen molar-refractivity contribution in [3.8, 4) is 0 Å². The first-order chi connectivity index (χ1) is 15.6. The van der Waals surface area contributed by atoms with Crippen molar-refractivity contribution in [3.63, 3.8) is 0 Å². The Labute approximate surface area is 192 Å². The van der Waals surface area contributed by atoms with Crippen molar-refractivity contribution in [1.82, 2.24) is 10.2 Å². The first kappa shape index (κ1) is 24.5. The van der Waals surface area contributed by atoms with E-state index in [4.69, 9.17) is 4.74 Å². The number of carbonyl (C=O) groups excluding carboxylic acids is 2. The highest BCUT2D eigenvalue weighted by Gasteiger charge is 2.22. The van der Waals surface area contributed by atoms with Gasteiger partial charge in [0.1, 0.15) is 0 Å². The van der Waals surface area contributed by atoms with E-state index in [9.17, 15) is 9.59 Å². The zero-order valence-corrected chi connectivity index (χ0v) is 19.8. The summed E-state index contributed by atoms with van der Waals surface area (Å²) in [5, 5.41) is 6.07. The van der Waals surface area contributed by atoms with Gasteiger partial charge in [-0.3, -0.25) is 14.5 Å². The maximum atomic E-state index is 13.1. The molecule has 1 aromatic carbocycles. The van der Waals surface area contributed by atoms with E-state index >= 15 is 0 Å². The van der Waals surface area contributed by atoms with Crippen LogP contribution in [-0.4, -0.2) is 69.2 Å². The number of amides is 2. The van der Waals surface area contributed by atoms with E-state index in [1.165, 1.54) is 0 Å². The lowest BCUT2D eigenvalue weighted by molar-refractivity contribution is -0.116. The normalized spacial score (nSPS) is 17.9. The minimum Gasteiger partial charge on any atom is -0.379 e. The Morgan fingerprint density at radius 2 is 1.84 bits per heavy atom. The average molecular weight is 445 g/mol. The summed E-state index contributed by atoms with van der Waals surface area (Å²) in [7, 11) is 0. The second kappa shape index (κ2) is 12.8. The lowest BCUT2D eigenvalue weighted by atomic mass is 9.97.